The van der Waals surface area contributed by atoms with Gasteiger partial charge in [0.15, 0.2) is 0 Å². The fourth-order valence-corrected chi connectivity index (χ4v) is 3.73. The SMILES string of the molecule is c1ccc(-c2ccccc2-c2csc3ccccc23)cc1. The van der Waals surface area contributed by atoms with Crippen molar-refractivity contribution in [3.8, 4) is 22.3 Å². The van der Waals surface area contributed by atoms with Gasteiger partial charge in [0.1, 0.15) is 0 Å². The molecule has 100 valence electrons. The van der Waals surface area contributed by atoms with Crippen molar-refractivity contribution in [3.05, 3.63) is 84.2 Å². The number of rotatable bonds is 2. The highest BCUT2D eigenvalue weighted by Crippen LogP contribution is 2.38. The molecule has 0 fully saturated rings. The Morgan fingerprint density at radius 3 is 2.05 bits per heavy atom. The minimum absolute atomic E-state index is 1.27. The van der Waals surface area contributed by atoms with Crippen molar-refractivity contribution in [2.24, 2.45) is 0 Å². The minimum atomic E-state index is 1.27. The lowest BCUT2D eigenvalue weighted by molar-refractivity contribution is 1.61. The first-order valence-corrected chi connectivity index (χ1v) is 7.92. The van der Waals surface area contributed by atoms with Crippen LogP contribution >= 0.6 is 11.3 Å². The predicted octanol–water partition coefficient (Wildman–Crippen LogP) is 6.24. The molecule has 0 spiro atoms. The third-order valence-electron chi connectivity index (χ3n) is 3.78. The Labute approximate surface area is 128 Å². The summed E-state index contributed by atoms with van der Waals surface area (Å²) in [5, 5.41) is 3.61. The first-order chi connectivity index (χ1) is 10.4. The molecule has 0 nitrogen and oxygen atoms in total. The van der Waals surface area contributed by atoms with Crippen LogP contribution < -0.4 is 0 Å². The van der Waals surface area contributed by atoms with Crippen LogP contribution in [0.5, 0.6) is 0 Å². The maximum Gasteiger partial charge on any atom is 0.0349 e. The lowest BCUT2D eigenvalue weighted by atomic mass is 9.94. The molecule has 0 saturated heterocycles. The van der Waals surface area contributed by atoms with Gasteiger partial charge in [-0.2, -0.15) is 0 Å². The molecule has 3 aromatic carbocycles. The number of benzene rings is 3. The Balaban J connectivity index is 1.98. The Hall–Kier alpha value is -2.38. The average molecular weight is 286 g/mol. The molecule has 0 unspecified atom stereocenters. The zero-order valence-corrected chi connectivity index (χ0v) is 12.3. The Morgan fingerprint density at radius 1 is 0.524 bits per heavy atom. The van der Waals surface area contributed by atoms with Gasteiger partial charge >= 0.3 is 0 Å². The van der Waals surface area contributed by atoms with Gasteiger partial charge in [-0.05, 0) is 28.1 Å². The van der Waals surface area contributed by atoms with Gasteiger partial charge in [0.25, 0.3) is 0 Å². The smallest absolute Gasteiger partial charge is 0.0349 e. The summed E-state index contributed by atoms with van der Waals surface area (Å²) < 4.78 is 1.34. The van der Waals surface area contributed by atoms with Gasteiger partial charge in [0, 0.05) is 15.6 Å². The molecular weight excluding hydrogens is 272 g/mol. The molecule has 21 heavy (non-hydrogen) atoms. The summed E-state index contributed by atoms with van der Waals surface area (Å²) in [6.45, 7) is 0. The summed E-state index contributed by atoms with van der Waals surface area (Å²) in [7, 11) is 0. The van der Waals surface area contributed by atoms with Gasteiger partial charge in [-0.1, -0.05) is 72.8 Å². The van der Waals surface area contributed by atoms with Crippen LogP contribution in [0.1, 0.15) is 0 Å². The van der Waals surface area contributed by atoms with Crippen LogP contribution in [-0.2, 0) is 0 Å². The van der Waals surface area contributed by atoms with Gasteiger partial charge in [0.05, 0.1) is 0 Å². The van der Waals surface area contributed by atoms with Gasteiger partial charge in [0.2, 0.25) is 0 Å². The van der Waals surface area contributed by atoms with Crippen LogP contribution in [-0.4, -0.2) is 0 Å². The monoisotopic (exact) mass is 286 g/mol. The molecule has 0 atom stereocenters. The second-order valence-electron chi connectivity index (χ2n) is 5.06. The van der Waals surface area contributed by atoms with Crippen molar-refractivity contribution in [1.29, 1.82) is 0 Å². The summed E-state index contributed by atoms with van der Waals surface area (Å²) in [5.41, 5.74) is 5.20. The topological polar surface area (TPSA) is 0 Å². The van der Waals surface area contributed by atoms with E-state index in [2.05, 4.69) is 84.2 Å². The molecule has 4 rings (SSSR count). The standard InChI is InChI=1S/C20H14S/c1-2-8-15(9-3-1)16-10-4-5-11-17(16)19-14-21-20-13-7-6-12-18(19)20/h1-14H. The maximum absolute atomic E-state index is 2.27. The highest BCUT2D eigenvalue weighted by Gasteiger charge is 2.10. The highest BCUT2D eigenvalue weighted by molar-refractivity contribution is 7.17. The van der Waals surface area contributed by atoms with Crippen molar-refractivity contribution in [3.63, 3.8) is 0 Å². The van der Waals surface area contributed by atoms with Crippen LogP contribution in [0.15, 0.2) is 84.2 Å². The number of fused-ring (bicyclic) bond motifs is 1. The van der Waals surface area contributed by atoms with E-state index in [4.69, 9.17) is 0 Å². The molecule has 0 saturated carbocycles. The average Bonchev–Trinajstić information content (AvgIpc) is 3.00. The van der Waals surface area contributed by atoms with E-state index in [0.717, 1.165) is 0 Å². The fourth-order valence-electron chi connectivity index (χ4n) is 2.77. The van der Waals surface area contributed by atoms with E-state index in [1.54, 1.807) is 0 Å². The predicted molar refractivity (Wildman–Crippen MR) is 92.7 cm³/mol. The van der Waals surface area contributed by atoms with E-state index in [9.17, 15) is 0 Å². The van der Waals surface area contributed by atoms with Crippen molar-refractivity contribution >= 4 is 21.4 Å². The maximum atomic E-state index is 2.27. The molecule has 4 aromatic rings. The molecule has 1 aromatic heterocycles. The van der Waals surface area contributed by atoms with Gasteiger partial charge in [-0.3, -0.25) is 0 Å². The lowest BCUT2D eigenvalue weighted by Crippen LogP contribution is -1.83. The van der Waals surface area contributed by atoms with E-state index >= 15 is 0 Å². The zero-order valence-electron chi connectivity index (χ0n) is 11.5. The lowest BCUT2D eigenvalue weighted by Gasteiger charge is -2.09. The molecule has 0 amide bonds. The molecule has 0 aliphatic carbocycles. The van der Waals surface area contributed by atoms with Gasteiger partial charge < -0.3 is 0 Å². The van der Waals surface area contributed by atoms with E-state index in [-0.39, 0.29) is 0 Å². The third-order valence-corrected chi connectivity index (χ3v) is 4.75. The fraction of sp³-hybridized carbons (Fsp3) is 0. The summed E-state index contributed by atoms with van der Waals surface area (Å²) in [5.74, 6) is 0. The first kappa shape index (κ1) is 12.4. The van der Waals surface area contributed by atoms with Crippen molar-refractivity contribution in [2.75, 3.05) is 0 Å². The van der Waals surface area contributed by atoms with Crippen LogP contribution in [0.2, 0.25) is 0 Å². The second kappa shape index (κ2) is 5.19. The van der Waals surface area contributed by atoms with Crippen LogP contribution in [0.3, 0.4) is 0 Å². The van der Waals surface area contributed by atoms with Crippen LogP contribution in [0.25, 0.3) is 32.3 Å². The number of hydrogen-bond donors (Lipinski definition) is 0. The zero-order chi connectivity index (χ0) is 14.1. The molecule has 0 radical (unpaired) electrons. The van der Waals surface area contributed by atoms with Crippen LogP contribution in [0, 0.1) is 0 Å². The minimum Gasteiger partial charge on any atom is -0.143 e. The van der Waals surface area contributed by atoms with Crippen molar-refractivity contribution in [2.45, 2.75) is 0 Å². The molecule has 1 heterocycles. The summed E-state index contributed by atoms with van der Waals surface area (Å²) >= 11 is 1.81. The Bertz CT molecular complexity index is 888. The molecule has 0 N–H and O–H groups in total. The molecule has 0 aliphatic rings. The van der Waals surface area contributed by atoms with Gasteiger partial charge in [-0.15, -0.1) is 11.3 Å². The van der Waals surface area contributed by atoms with E-state index in [1.807, 2.05) is 11.3 Å². The summed E-state index contributed by atoms with van der Waals surface area (Å²) in [4.78, 5) is 0. The van der Waals surface area contributed by atoms with Gasteiger partial charge in [-0.25, -0.2) is 0 Å². The third kappa shape index (κ3) is 2.16. The molecular formula is C20H14S. The molecule has 0 bridgehead atoms. The number of hydrogen-bond acceptors (Lipinski definition) is 1. The highest BCUT2D eigenvalue weighted by atomic mass is 32.1. The Morgan fingerprint density at radius 2 is 1.19 bits per heavy atom. The molecule has 0 aliphatic heterocycles. The summed E-state index contributed by atoms with van der Waals surface area (Å²) in [6.07, 6.45) is 0. The normalized spacial score (nSPS) is 10.9. The molecule has 1 heteroatoms. The van der Waals surface area contributed by atoms with Crippen LogP contribution in [0.4, 0.5) is 0 Å². The van der Waals surface area contributed by atoms with E-state index < -0.39 is 0 Å². The summed E-state index contributed by atoms with van der Waals surface area (Å²) in [6, 6.07) is 27.9. The first-order valence-electron chi connectivity index (χ1n) is 7.04. The largest absolute Gasteiger partial charge is 0.143 e. The van der Waals surface area contributed by atoms with E-state index in [1.165, 1.54) is 32.3 Å². The second-order valence-corrected chi connectivity index (χ2v) is 5.97. The Kier molecular flexibility index (Phi) is 3.06. The quantitative estimate of drug-likeness (QED) is 0.409. The van der Waals surface area contributed by atoms with Crippen molar-refractivity contribution in [1.82, 2.24) is 0 Å². The van der Waals surface area contributed by atoms with Crippen molar-refractivity contribution < 1.29 is 0 Å². The van der Waals surface area contributed by atoms with E-state index in [0.29, 0.717) is 0 Å². The number of thiophene rings is 1.